The van der Waals surface area contributed by atoms with Crippen LogP contribution in [0.5, 0.6) is 11.5 Å². The first-order chi connectivity index (χ1) is 12.5. The molecule has 2 aromatic carbocycles. The van der Waals surface area contributed by atoms with Gasteiger partial charge in [0.15, 0.2) is 5.75 Å². The van der Waals surface area contributed by atoms with Crippen molar-refractivity contribution < 1.29 is 9.47 Å². The summed E-state index contributed by atoms with van der Waals surface area (Å²) in [4.78, 5) is 7.64. The Balaban J connectivity index is 2.16. The van der Waals surface area contributed by atoms with E-state index in [4.69, 9.17) is 32.7 Å². The highest BCUT2D eigenvalue weighted by Gasteiger charge is 2.18. The first-order valence-electron chi connectivity index (χ1n) is 7.67. The molecule has 0 spiro atoms. The van der Waals surface area contributed by atoms with Gasteiger partial charge in [-0.1, -0.05) is 29.3 Å². The number of hydrogen-bond acceptors (Lipinski definition) is 4. The number of imidazole rings is 1. The lowest BCUT2D eigenvalue weighted by molar-refractivity contribution is 0.394. The minimum Gasteiger partial charge on any atom is -0.494 e. The first kappa shape index (κ1) is 18.1. The second-order valence-electron chi connectivity index (χ2n) is 5.60. The van der Waals surface area contributed by atoms with Crippen LogP contribution in [0.1, 0.15) is 17.0 Å². The Morgan fingerprint density at radius 1 is 1.19 bits per heavy atom. The predicted octanol–water partition coefficient (Wildman–Crippen LogP) is 5.26. The Morgan fingerprint density at radius 2 is 1.92 bits per heavy atom. The number of aromatic amines is 1. The molecule has 0 atom stereocenters. The summed E-state index contributed by atoms with van der Waals surface area (Å²) in [6, 6.07) is 9.64. The summed E-state index contributed by atoms with van der Waals surface area (Å²) >= 11 is 12.5. The molecule has 132 valence electrons. The number of ether oxygens (including phenoxy) is 2. The molecule has 5 nitrogen and oxygen atoms in total. The summed E-state index contributed by atoms with van der Waals surface area (Å²) in [5.74, 6) is 1.14. The zero-order valence-electron chi connectivity index (χ0n) is 14.4. The molecule has 0 aliphatic heterocycles. The standard InChI is InChI=1S/C19H15Cl2N3O2/c1-10-4-5-14-15(6-10)24-19(23-14)12(9-22)7-11-8-13(20)18(26-3)16(21)17(11)25-2/h4-8H,1-3H3,(H,23,24)/b12-7-. The smallest absolute Gasteiger partial charge is 0.159 e. The van der Waals surface area contributed by atoms with Crippen molar-refractivity contribution in [2.75, 3.05) is 14.2 Å². The van der Waals surface area contributed by atoms with Crippen LogP contribution >= 0.6 is 23.2 Å². The van der Waals surface area contributed by atoms with E-state index in [9.17, 15) is 5.26 Å². The van der Waals surface area contributed by atoms with Gasteiger partial charge in [0.2, 0.25) is 0 Å². The number of aryl methyl sites for hydroxylation is 1. The van der Waals surface area contributed by atoms with Crippen LogP contribution in [0.25, 0.3) is 22.7 Å². The minimum absolute atomic E-state index is 0.242. The average Bonchev–Trinajstić information content (AvgIpc) is 3.02. The molecule has 0 radical (unpaired) electrons. The number of nitrogens with zero attached hydrogens (tertiary/aromatic N) is 2. The zero-order valence-corrected chi connectivity index (χ0v) is 15.9. The lowest BCUT2D eigenvalue weighted by Gasteiger charge is -2.13. The van der Waals surface area contributed by atoms with Gasteiger partial charge in [-0.05, 0) is 36.8 Å². The van der Waals surface area contributed by atoms with Gasteiger partial charge in [0.25, 0.3) is 0 Å². The van der Waals surface area contributed by atoms with Crippen molar-refractivity contribution in [3.63, 3.8) is 0 Å². The van der Waals surface area contributed by atoms with Crippen molar-refractivity contribution >= 4 is 45.9 Å². The number of hydrogen-bond donors (Lipinski definition) is 1. The Kier molecular flexibility index (Phi) is 5.08. The quantitative estimate of drug-likeness (QED) is 0.619. The minimum atomic E-state index is 0.242. The molecule has 26 heavy (non-hydrogen) atoms. The Morgan fingerprint density at radius 3 is 2.58 bits per heavy atom. The number of aromatic nitrogens is 2. The molecule has 3 rings (SSSR count). The number of benzene rings is 2. The van der Waals surface area contributed by atoms with Gasteiger partial charge in [0, 0.05) is 5.56 Å². The number of fused-ring (bicyclic) bond motifs is 1. The molecular formula is C19H15Cl2N3O2. The molecule has 3 aromatic rings. The van der Waals surface area contributed by atoms with Crippen LogP contribution in [0, 0.1) is 18.3 Å². The second-order valence-corrected chi connectivity index (χ2v) is 6.39. The van der Waals surface area contributed by atoms with E-state index in [1.54, 1.807) is 12.1 Å². The summed E-state index contributed by atoms with van der Waals surface area (Å²) in [5, 5.41) is 10.2. The monoisotopic (exact) mass is 387 g/mol. The zero-order chi connectivity index (χ0) is 18.8. The molecule has 1 aromatic heterocycles. The summed E-state index contributed by atoms with van der Waals surface area (Å²) in [6.07, 6.45) is 1.63. The lowest BCUT2D eigenvalue weighted by atomic mass is 10.1. The molecule has 0 aliphatic carbocycles. The Labute approximate surface area is 160 Å². The number of allylic oxidation sites excluding steroid dienone is 1. The van der Waals surface area contributed by atoms with Crippen molar-refractivity contribution in [2.45, 2.75) is 6.92 Å². The van der Waals surface area contributed by atoms with E-state index >= 15 is 0 Å². The average molecular weight is 388 g/mol. The van der Waals surface area contributed by atoms with Crippen molar-refractivity contribution in [1.29, 1.82) is 5.26 Å². The molecule has 0 fully saturated rings. The van der Waals surface area contributed by atoms with Crippen LogP contribution in [0.3, 0.4) is 0 Å². The number of methoxy groups -OCH3 is 2. The van der Waals surface area contributed by atoms with E-state index in [1.807, 2.05) is 25.1 Å². The van der Waals surface area contributed by atoms with Crippen LogP contribution in [0.2, 0.25) is 10.0 Å². The molecule has 0 unspecified atom stereocenters. The highest BCUT2D eigenvalue weighted by Crippen LogP contribution is 2.43. The van der Waals surface area contributed by atoms with Crippen LogP contribution in [-0.4, -0.2) is 24.2 Å². The van der Waals surface area contributed by atoms with Crippen LogP contribution < -0.4 is 9.47 Å². The summed E-state index contributed by atoms with van der Waals surface area (Å²) in [5.41, 5.74) is 3.62. The maximum atomic E-state index is 9.61. The number of halogens is 2. The van der Waals surface area contributed by atoms with E-state index in [-0.39, 0.29) is 5.02 Å². The van der Waals surface area contributed by atoms with Crippen molar-refractivity contribution in [1.82, 2.24) is 9.97 Å². The molecule has 1 heterocycles. The number of H-pyrrole nitrogens is 1. The summed E-state index contributed by atoms with van der Waals surface area (Å²) < 4.78 is 10.6. The predicted molar refractivity (Wildman–Crippen MR) is 104 cm³/mol. The Hall–Kier alpha value is -2.68. The molecule has 0 bridgehead atoms. The highest BCUT2D eigenvalue weighted by molar-refractivity contribution is 6.38. The normalized spacial score (nSPS) is 11.5. The van der Waals surface area contributed by atoms with Crippen molar-refractivity contribution in [2.24, 2.45) is 0 Å². The third-order valence-corrected chi connectivity index (χ3v) is 4.51. The molecule has 7 heteroatoms. The molecule has 0 aliphatic rings. The van der Waals surface area contributed by atoms with Gasteiger partial charge >= 0.3 is 0 Å². The second kappa shape index (κ2) is 7.28. The fourth-order valence-corrected chi connectivity index (χ4v) is 3.37. The van der Waals surface area contributed by atoms with E-state index < -0.39 is 0 Å². The Bertz CT molecular complexity index is 1060. The van der Waals surface area contributed by atoms with Gasteiger partial charge in [-0.2, -0.15) is 5.26 Å². The van der Waals surface area contributed by atoms with Gasteiger partial charge in [0.1, 0.15) is 22.7 Å². The van der Waals surface area contributed by atoms with Gasteiger partial charge in [-0.15, -0.1) is 0 Å². The van der Waals surface area contributed by atoms with Crippen LogP contribution in [0.4, 0.5) is 0 Å². The van der Waals surface area contributed by atoms with Crippen LogP contribution in [-0.2, 0) is 0 Å². The fourth-order valence-electron chi connectivity index (χ4n) is 2.66. The maximum Gasteiger partial charge on any atom is 0.159 e. The SMILES string of the molecule is COc1c(Cl)cc(/C=C(/C#N)c2nc3ccc(C)cc3[nH]2)c(OC)c1Cl. The van der Waals surface area contributed by atoms with Gasteiger partial charge in [0.05, 0.1) is 35.8 Å². The van der Waals surface area contributed by atoms with E-state index in [0.717, 1.165) is 16.6 Å². The third-order valence-electron chi connectivity index (χ3n) is 3.88. The third kappa shape index (κ3) is 3.22. The lowest BCUT2D eigenvalue weighted by Crippen LogP contribution is -1.94. The van der Waals surface area contributed by atoms with E-state index in [2.05, 4.69) is 16.0 Å². The van der Waals surface area contributed by atoms with Crippen molar-refractivity contribution in [3.05, 3.63) is 51.3 Å². The number of nitrogens with one attached hydrogen (secondary N) is 1. The molecule has 0 saturated carbocycles. The van der Waals surface area contributed by atoms with E-state index in [0.29, 0.717) is 33.5 Å². The van der Waals surface area contributed by atoms with Gasteiger partial charge in [-0.25, -0.2) is 4.98 Å². The molecule has 0 saturated heterocycles. The maximum absolute atomic E-state index is 9.61. The topological polar surface area (TPSA) is 70.9 Å². The summed E-state index contributed by atoms with van der Waals surface area (Å²) in [6.45, 7) is 1.99. The largest absolute Gasteiger partial charge is 0.494 e. The van der Waals surface area contributed by atoms with Gasteiger partial charge < -0.3 is 14.5 Å². The van der Waals surface area contributed by atoms with E-state index in [1.165, 1.54) is 14.2 Å². The van der Waals surface area contributed by atoms with Gasteiger partial charge in [-0.3, -0.25) is 0 Å². The van der Waals surface area contributed by atoms with Crippen molar-refractivity contribution in [3.8, 4) is 17.6 Å². The molecular weight excluding hydrogens is 373 g/mol. The molecule has 0 amide bonds. The number of rotatable bonds is 4. The van der Waals surface area contributed by atoms with Crippen LogP contribution in [0.15, 0.2) is 24.3 Å². The fraction of sp³-hybridized carbons (Fsp3) is 0.158. The number of nitriles is 1. The molecule has 1 N–H and O–H groups in total. The summed E-state index contributed by atoms with van der Waals surface area (Å²) in [7, 11) is 2.96. The highest BCUT2D eigenvalue weighted by atomic mass is 35.5. The first-order valence-corrected chi connectivity index (χ1v) is 8.42.